The van der Waals surface area contributed by atoms with Gasteiger partial charge in [0, 0.05) is 17.7 Å². The summed E-state index contributed by atoms with van der Waals surface area (Å²) >= 11 is 0. The highest BCUT2D eigenvalue weighted by atomic mass is 16.2. The van der Waals surface area contributed by atoms with Gasteiger partial charge in [-0.2, -0.15) is 0 Å². The van der Waals surface area contributed by atoms with E-state index in [0.717, 1.165) is 19.3 Å². The van der Waals surface area contributed by atoms with E-state index >= 15 is 0 Å². The molecule has 0 aromatic rings. The highest BCUT2D eigenvalue weighted by molar-refractivity contribution is 6.12. The second kappa shape index (κ2) is 8.27. The lowest BCUT2D eigenvalue weighted by Crippen LogP contribution is -2.19. The number of rotatable bonds is 4. The fourth-order valence-corrected chi connectivity index (χ4v) is 0.979. The fourth-order valence-electron chi connectivity index (χ4n) is 0.979. The molecule has 0 unspecified atom stereocenters. The van der Waals surface area contributed by atoms with Crippen molar-refractivity contribution in [2.45, 2.75) is 33.1 Å². The third kappa shape index (κ3) is 7.96. The quantitative estimate of drug-likeness (QED) is 0.431. The number of primary amides is 1. The van der Waals surface area contributed by atoms with Crippen molar-refractivity contribution < 1.29 is 14.4 Å². The molecule has 0 bridgehead atoms. The average molecular weight is 238 g/mol. The summed E-state index contributed by atoms with van der Waals surface area (Å²) in [5, 5.41) is 2.03. The minimum atomic E-state index is -0.329. The smallest absolute Gasteiger partial charge is 0.250 e. The first-order chi connectivity index (χ1) is 7.97. The number of carbonyl (C=O) groups is 3. The first-order valence-corrected chi connectivity index (χ1v) is 5.47. The number of nitrogens with one attached hydrogen (secondary N) is 1. The van der Waals surface area contributed by atoms with E-state index in [1.807, 2.05) is 11.4 Å². The molecule has 0 spiro atoms. The first kappa shape index (κ1) is 15.1. The van der Waals surface area contributed by atoms with Gasteiger partial charge in [-0.3, -0.25) is 19.7 Å². The van der Waals surface area contributed by atoms with Crippen molar-refractivity contribution in [1.82, 2.24) is 5.32 Å². The number of amides is 3. The standard InChI is InChI=1S/C8H15NO.C4H3NO2/c1-3-4-5-6-7(2)8(9)10;6-3-1-2-4(7)5-3/h6H,3-5H2,1-2H3,(H2,9,10);1-2H,(H,5,6,7). The molecule has 3 N–H and O–H groups in total. The molecule has 0 saturated carbocycles. The number of carbonyl (C=O) groups excluding carboxylic acids is 3. The molecule has 0 fully saturated rings. The summed E-state index contributed by atoms with van der Waals surface area (Å²) in [6, 6.07) is 0. The predicted molar refractivity (Wildman–Crippen MR) is 64.8 cm³/mol. The molecule has 0 aliphatic carbocycles. The largest absolute Gasteiger partial charge is 0.366 e. The number of nitrogens with two attached hydrogens (primary N) is 1. The van der Waals surface area contributed by atoms with Gasteiger partial charge in [0.2, 0.25) is 5.91 Å². The Kier molecular flexibility index (Phi) is 7.34. The van der Waals surface area contributed by atoms with Crippen LogP contribution in [0.2, 0.25) is 0 Å². The molecule has 0 atom stereocenters. The van der Waals surface area contributed by atoms with Gasteiger partial charge in [0.05, 0.1) is 0 Å². The number of hydrogen-bond acceptors (Lipinski definition) is 3. The van der Waals surface area contributed by atoms with E-state index in [1.165, 1.54) is 12.2 Å². The minimum Gasteiger partial charge on any atom is -0.366 e. The molecule has 0 aromatic carbocycles. The molecule has 17 heavy (non-hydrogen) atoms. The molecule has 1 rings (SSSR count). The maximum Gasteiger partial charge on any atom is 0.250 e. The normalized spacial score (nSPS) is 14.1. The molecule has 0 aromatic heterocycles. The minimum absolute atomic E-state index is 0.309. The number of allylic oxidation sites excluding steroid dienone is 1. The Balaban J connectivity index is 0.000000318. The molecule has 1 aliphatic heterocycles. The highest BCUT2D eigenvalue weighted by Gasteiger charge is 2.06. The summed E-state index contributed by atoms with van der Waals surface area (Å²) < 4.78 is 0. The van der Waals surface area contributed by atoms with Crippen molar-refractivity contribution in [2.75, 3.05) is 0 Å². The van der Waals surface area contributed by atoms with E-state index in [4.69, 9.17) is 5.73 Å². The highest BCUT2D eigenvalue weighted by Crippen LogP contribution is 1.99. The summed E-state index contributed by atoms with van der Waals surface area (Å²) in [4.78, 5) is 30.5. The maximum atomic E-state index is 10.4. The van der Waals surface area contributed by atoms with Crippen LogP contribution in [0.15, 0.2) is 23.8 Å². The van der Waals surface area contributed by atoms with Gasteiger partial charge in [-0.1, -0.05) is 25.8 Å². The van der Waals surface area contributed by atoms with Crippen LogP contribution in [-0.4, -0.2) is 17.7 Å². The Morgan fingerprint density at radius 1 is 1.35 bits per heavy atom. The second-order valence-electron chi connectivity index (χ2n) is 3.58. The van der Waals surface area contributed by atoms with Crippen molar-refractivity contribution in [3.63, 3.8) is 0 Å². The van der Waals surface area contributed by atoms with E-state index in [-0.39, 0.29) is 17.7 Å². The summed E-state index contributed by atoms with van der Waals surface area (Å²) in [7, 11) is 0. The lowest BCUT2D eigenvalue weighted by atomic mass is 10.2. The van der Waals surface area contributed by atoms with Crippen molar-refractivity contribution in [1.29, 1.82) is 0 Å². The number of unbranched alkanes of at least 4 members (excludes halogenated alkanes) is 2. The summed E-state index contributed by atoms with van der Waals surface area (Å²) in [6.45, 7) is 3.87. The Hall–Kier alpha value is -1.91. The van der Waals surface area contributed by atoms with E-state index < -0.39 is 0 Å². The Bertz CT molecular complexity index is 341. The van der Waals surface area contributed by atoms with Crippen molar-refractivity contribution in [2.24, 2.45) is 5.73 Å². The molecule has 0 radical (unpaired) electrons. The molecular weight excluding hydrogens is 220 g/mol. The van der Waals surface area contributed by atoms with E-state index in [1.54, 1.807) is 6.92 Å². The van der Waals surface area contributed by atoms with E-state index in [2.05, 4.69) is 6.92 Å². The van der Waals surface area contributed by atoms with Gasteiger partial charge in [-0.15, -0.1) is 0 Å². The lowest BCUT2D eigenvalue weighted by molar-refractivity contribution is -0.123. The Morgan fingerprint density at radius 2 is 1.88 bits per heavy atom. The van der Waals surface area contributed by atoms with Gasteiger partial charge in [0.1, 0.15) is 0 Å². The van der Waals surface area contributed by atoms with Gasteiger partial charge >= 0.3 is 0 Å². The van der Waals surface area contributed by atoms with Crippen LogP contribution in [0.5, 0.6) is 0 Å². The van der Waals surface area contributed by atoms with E-state index in [0.29, 0.717) is 5.57 Å². The van der Waals surface area contributed by atoms with Crippen molar-refractivity contribution in [3.05, 3.63) is 23.8 Å². The van der Waals surface area contributed by atoms with Crippen LogP contribution in [-0.2, 0) is 14.4 Å². The van der Waals surface area contributed by atoms with Gasteiger partial charge < -0.3 is 5.73 Å². The molecule has 1 aliphatic rings. The molecule has 5 nitrogen and oxygen atoms in total. The first-order valence-electron chi connectivity index (χ1n) is 5.47. The zero-order valence-electron chi connectivity index (χ0n) is 10.2. The molecular formula is C12H18N2O3. The van der Waals surface area contributed by atoms with Gasteiger partial charge in [0.25, 0.3) is 11.8 Å². The molecule has 94 valence electrons. The predicted octanol–water partition coefficient (Wildman–Crippen LogP) is 0.807. The average Bonchev–Trinajstić information content (AvgIpc) is 2.63. The number of imide groups is 1. The van der Waals surface area contributed by atoms with Crippen LogP contribution in [0, 0.1) is 0 Å². The monoisotopic (exact) mass is 238 g/mol. The van der Waals surface area contributed by atoms with Crippen LogP contribution in [0.4, 0.5) is 0 Å². The molecule has 0 saturated heterocycles. The van der Waals surface area contributed by atoms with E-state index in [9.17, 15) is 14.4 Å². The molecule has 3 amide bonds. The molecule has 5 heteroatoms. The summed E-state index contributed by atoms with van der Waals surface area (Å²) in [6.07, 6.45) is 7.54. The Morgan fingerprint density at radius 3 is 2.18 bits per heavy atom. The SMILES string of the molecule is CCCCC=C(C)C(N)=O.O=C1C=CC(=O)N1. The number of hydrogen-bond donors (Lipinski definition) is 2. The van der Waals surface area contributed by atoms with Crippen LogP contribution in [0.1, 0.15) is 33.1 Å². The second-order valence-corrected chi connectivity index (χ2v) is 3.58. The van der Waals surface area contributed by atoms with Gasteiger partial charge in [0.15, 0.2) is 0 Å². The lowest BCUT2D eigenvalue weighted by Gasteiger charge is -1.92. The summed E-state index contributed by atoms with van der Waals surface area (Å²) in [5.41, 5.74) is 5.69. The van der Waals surface area contributed by atoms with Gasteiger partial charge in [-0.05, 0) is 13.3 Å². The molecule has 1 heterocycles. The van der Waals surface area contributed by atoms with Crippen molar-refractivity contribution >= 4 is 17.7 Å². The third-order valence-electron chi connectivity index (χ3n) is 2.03. The van der Waals surface area contributed by atoms with Crippen LogP contribution in [0.3, 0.4) is 0 Å². The zero-order valence-corrected chi connectivity index (χ0v) is 10.2. The van der Waals surface area contributed by atoms with Crippen LogP contribution >= 0.6 is 0 Å². The fraction of sp³-hybridized carbons (Fsp3) is 0.417. The maximum absolute atomic E-state index is 10.4. The van der Waals surface area contributed by atoms with Crippen LogP contribution < -0.4 is 11.1 Å². The van der Waals surface area contributed by atoms with Crippen LogP contribution in [0.25, 0.3) is 0 Å². The zero-order chi connectivity index (χ0) is 13.3. The Labute approximate surface area is 101 Å². The third-order valence-corrected chi connectivity index (χ3v) is 2.03. The van der Waals surface area contributed by atoms with Gasteiger partial charge in [-0.25, -0.2) is 0 Å². The topological polar surface area (TPSA) is 89.3 Å². The summed E-state index contributed by atoms with van der Waals surface area (Å²) in [5.74, 6) is -0.967. The van der Waals surface area contributed by atoms with Crippen molar-refractivity contribution in [3.8, 4) is 0 Å².